The number of aromatic nitrogens is 2. The zero-order valence-corrected chi connectivity index (χ0v) is 20.4. The van der Waals surface area contributed by atoms with E-state index in [2.05, 4.69) is 33.8 Å². The number of pyridine rings is 1. The smallest absolute Gasteiger partial charge is 0.255 e. The normalized spacial score (nSPS) is 10.9. The number of carbonyl (C=O) groups is 1. The molecule has 0 aliphatic rings. The number of hydrogen-bond donors (Lipinski definition) is 3. The highest BCUT2D eigenvalue weighted by molar-refractivity contribution is 8.00. The van der Waals surface area contributed by atoms with E-state index >= 15 is 0 Å². The first-order chi connectivity index (χ1) is 17.1. The predicted molar refractivity (Wildman–Crippen MR) is 146 cm³/mol. The molecule has 0 aliphatic heterocycles. The number of anilines is 3. The summed E-state index contributed by atoms with van der Waals surface area (Å²) in [6.07, 6.45) is 3.64. The van der Waals surface area contributed by atoms with Crippen LogP contribution in [0, 0.1) is 0 Å². The lowest BCUT2D eigenvalue weighted by molar-refractivity contribution is 0.102. The van der Waals surface area contributed by atoms with Crippen molar-refractivity contribution in [3.63, 3.8) is 0 Å². The van der Waals surface area contributed by atoms with Gasteiger partial charge in [0.05, 0.1) is 21.6 Å². The second-order valence-corrected chi connectivity index (χ2v) is 10.2. The maximum absolute atomic E-state index is 12.5. The molecule has 0 saturated heterocycles. The van der Waals surface area contributed by atoms with Gasteiger partial charge in [0.1, 0.15) is 0 Å². The standard InChI is InChI=1S/C27H23N5OS2/c28-22-5-1-2-6-23(22)31-26(33)20-9-7-18(8-10-20)17-34-27-32-24-12-11-21(14-25(24)35-27)30-16-19-4-3-13-29-15-19/h1-15,30H,16-17,28H2,(H,31,33). The number of nitrogens with two attached hydrogens (primary N) is 1. The highest BCUT2D eigenvalue weighted by atomic mass is 32.2. The number of fused-ring (bicyclic) bond motifs is 1. The minimum absolute atomic E-state index is 0.179. The van der Waals surface area contributed by atoms with E-state index in [1.807, 2.05) is 54.7 Å². The lowest BCUT2D eigenvalue weighted by Gasteiger charge is -2.08. The number of hydrogen-bond acceptors (Lipinski definition) is 7. The molecule has 4 N–H and O–H groups in total. The van der Waals surface area contributed by atoms with Gasteiger partial charge < -0.3 is 16.4 Å². The molecule has 3 aromatic carbocycles. The van der Waals surface area contributed by atoms with Gasteiger partial charge >= 0.3 is 0 Å². The van der Waals surface area contributed by atoms with Gasteiger partial charge in [-0.15, -0.1) is 11.3 Å². The first-order valence-electron chi connectivity index (χ1n) is 11.0. The first-order valence-corrected chi connectivity index (χ1v) is 12.9. The fourth-order valence-corrected chi connectivity index (χ4v) is 5.55. The molecule has 6 nitrogen and oxygen atoms in total. The van der Waals surface area contributed by atoms with Crippen molar-refractivity contribution in [1.29, 1.82) is 0 Å². The average molecular weight is 498 g/mol. The summed E-state index contributed by atoms with van der Waals surface area (Å²) in [7, 11) is 0. The van der Waals surface area contributed by atoms with Gasteiger partial charge in [-0.05, 0) is 59.7 Å². The Bertz CT molecular complexity index is 1450. The van der Waals surface area contributed by atoms with Crippen molar-refractivity contribution < 1.29 is 4.79 Å². The molecule has 35 heavy (non-hydrogen) atoms. The van der Waals surface area contributed by atoms with Crippen LogP contribution in [0.3, 0.4) is 0 Å². The number of para-hydroxylation sites is 2. The van der Waals surface area contributed by atoms with Crippen LogP contribution in [0.2, 0.25) is 0 Å². The van der Waals surface area contributed by atoms with Crippen LogP contribution < -0.4 is 16.4 Å². The Morgan fingerprint density at radius 3 is 2.63 bits per heavy atom. The predicted octanol–water partition coefficient (Wildman–Crippen LogP) is 6.43. The molecule has 0 aliphatic carbocycles. The van der Waals surface area contributed by atoms with Crippen molar-refractivity contribution in [2.75, 3.05) is 16.4 Å². The minimum Gasteiger partial charge on any atom is -0.397 e. The Morgan fingerprint density at radius 2 is 1.83 bits per heavy atom. The molecule has 2 aromatic heterocycles. The molecule has 8 heteroatoms. The van der Waals surface area contributed by atoms with E-state index < -0.39 is 0 Å². The van der Waals surface area contributed by atoms with Crippen molar-refractivity contribution >= 4 is 56.3 Å². The van der Waals surface area contributed by atoms with Crippen molar-refractivity contribution in [3.05, 3.63) is 108 Å². The van der Waals surface area contributed by atoms with E-state index in [0.29, 0.717) is 16.9 Å². The van der Waals surface area contributed by atoms with Crippen LogP contribution >= 0.6 is 23.1 Å². The second-order valence-electron chi connectivity index (χ2n) is 7.90. The summed E-state index contributed by atoms with van der Waals surface area (Å²) in [6.45, 7) is 0.729. The summed E-state index contributed by atoms with van der Waals surface area (Å²) >= 11 is 3.38. The average Bonchev–Trinajstić information content (AvgIpc) is 3.31. The minimum atomic E-state index is -0.179. The number of benzene rings is 3. The van der Waals surface area contributed by atoms with Gasteiger partial charge in [0.2, 0.25) is 0 Å². The van der Waals surface area contributed by atoms with Gasteiger partial charge in [-0.2, -0.15) is 0 Å². The molecule has 1 amide bonds. The molecule has 0 saturated carbocycles. The Labute approximate surface area is 211 Å². The Kier molecular flexibility index (Phi) is 6.92. The van der Waals surface area contributed by atoms with Crippen LogP contribution in [-0.2, 0) is 12.3 Å². The quantitative estimate of drug-likeness (QED) is 0.169. The molecule has 2 heterocycles. The van der Waals surface area contributed by atoms with Gasteiger partial charge in [-0.3, -0.25) is 9.78 Å². The van der Waals surface area contributed by atoms with Gasteiger partial charge in [0.25, 0.3) is 5.91 Å². The fourth-order valence-electron chi connectivity index (χ4n) is 3.48. The van der Waals surface area contributed by atoms with Crippen molar-refractivity contribution in [3.8, 4) is 0 Å². The zero-order valence-electron chi connectivity index (χ0n) is 18.8. The van der Waals surface area contributed by atoms with Crippen molar-refractivity contribution in [1.82, 2.24) is 9.97 Å². The molecule has 0 bridgehead atoms. The SMILES string of the molecule is Nc1ccccc1NC(=O)c1ccc(CSc2nc3ccc(NCc4cccnc4)cc3s2)cc1. The maximum atomic E-state index is 12.5. The summed E-state index contributed by atoms with van der Waals surface area (Å²) in [5.74, 6) is 0.598. The molecule has 174 valence electrons. The van der Waals surface area contributed by atoms with E-state index in [0.717, 1.165) is 43.7 Å². The zero-order chi connectivity index (χ0) is 24.0. The lowest BCUT2D eigenvalue weighted by atomic mass is 10.1. The monoisotopic (exact) mass is 497 g/mol. The van der Waals surface area contributed by atoms with Gasteiger partial charge in [-0.25, -0.2) is 4.98 Å². The molecule has 0 unspecified atom stereocenters. The number of nitrogens with zero attached hydrogens (tertiary/aromatic N) is 2. The molecule has 0 atom stereocenters. The second kappa shape index (κ2) is 10.6. The highest BCUT2D eigenvalue weighted by Crippen LogP contribution is 2.33. The van der Waals surface area contributed by atoms with Crippen LogP contribution in [0.25, 0.3) is 10.2 Å². The van der Waals surface area contributed by atoms with Crippen LogP contribution in [0.1, 0.15) is 21.5 Å². The van der Waals surface area contributed by atoms with Crippen LogP contribution in [0.5, 0.6) is 0 Å². The number of rotatable bonds is 8. The molecule has 5 rings (SSSR count). The van der Waals surface area contributed by atoms with Gasteiger partial charge in [0.15, 0.2) is 4.34 Å². The van der Waals surface area contributed by atoms with Gasteiger partial charge in [0, 0.05) is 35.9 Å². The Morgan fingerprint density at radius 1 is 0.971 bits per heavy atom. The molecule has 5 aromatic rings. The largest absolute Gasteiger partial charge is 0.397 e. The summed E-state index contributed by atoms with van der Waals surface area (Å²) < 4.78 is 2.17. The van der Waals surface area contributed by atoms with Crippen LogP contribution in [0.15, 0.2) is 95.6 Å². The highest BCUT2D eigenvalue weighted by Gasteiger charge is 2.09. The van der Waals surface area contributed by atoms with Crippen molar-refractivity contribution in [2.24, 2.45) is 0 Å². The Balaban J connectivity index is 1.18. The summed E-state index contributed by atoms with van der Waals surface area (Å²) in [5.41, 5.74) is 12.0. The number of nitrogen functional groups attached to an aromatic ring is 1. The molecule has 0 radical (unpaired) electrons. The van der Waals surface area contributed by atoms with Crippen LogP contribution in [-0.4, -0.2) is 15.9 Å². The van der Waals surface area contributed by atoms with E-state index in [9.17, 15) is 4.79 Å². The number of thiazole rings is 1. The molecular weight excluding hydrogens is 474 g/mol. The number of carbonyl (C=O) groups excluding carboxylic acids is 1. The van der Waals surface area contributed by atoms with E-state index in [-0.39, 0.29) is 5.91 Å². The van der Waals surface area contributed by atoms with E-state index in [1.165, 1.54) is 0 Å². The van der Waals surface area contributed by atoms with E-state index in [4.69, 9.17) is 10.7 Å². The molecule has 0 fully saturated rings. The number of thioether (sulfide) groups is 1. The summed E-state index contributed by atoms with van der Waals surface area (Å²) in [6, 6.07) is 25.1. The van der Waals surface area contributed by atoms with Crippen LogP contribution in [0.4, 0.5) is 17.1 Å². The first kappa shape index (κ1) is 22.9. The van der Waals surface area contributed by atoms with Crippen molar-refractivity contribution in [2.45, 2.75) is 16.6 Å². The summed E-state index contributed by atoms with van der Waals surface area (Å²) in [4.78, 5) is 21.4. The topological polar surface area (TPSA) is 92.9 Å². The fraction of sp³-hybridized carbons (Fsp3) is 0.0741. The molecule has 0 spiro atoms. The third-order valence-corrected chi connectivity index (χ3v) is 7.61. The third kappa shape index (κ3) is 5.79. The summed E-state index contributed by atoms with van der Waals surface area (Å²) in [5, 5.41) is 6.30. The van der Waals surface area contributed by atoms with Gasteiger partial charge in [-0.1, -0.05) is 42.1 Å². The Hall–Kier alpha value is -3.88. The third-order valence-electron chi connectivity index (χ3n) is 5.38. The number of nitrogens with one attached hydrogen (secondary N) is 2. The molecular formula is C27H23N5OS2. The lowest BCUT2D eigenvalue weighted by Crippen LogP contribution is -2.13. The number of amides is 1. The maximum Gasteiger partial charge on any atom is 0.255 e. The van der Waals surface area contributed by atoms with E-state index in [1.54, 1.807) is 41.4 Å².